The third-order valence-electron chi connectivity index (χ3n) is 8.03. The van der Waals surface area contributed by atoms with Crippen molar-refractivity contribution >= 4 is 17.3 Å². The predicted molar refractivity (Wildman–Crippen MR) is 110 cm³/mol. The molecule has 5 atom stereocenters. The Labute approximate surface area is 187 Å². The van der Waals surface area contributed by atoms with Gasteiger partial charge in [0.15, 0.2) is 23.4 Å². The number of Topliss-reactive ketones (excluding diaryl/α,β-unsaturated/α-hetero) is 3. The van der Waals surface area contributed by atoms with E-state index in [1.807, 2.05) is 20.8 Å². The van der Waals surface area contributed by atoms with E-state index in [4.69, 9.17) is 23.7 Å². The zero-order chi connectivity index (χ0) is 23.4. The van der Waals surface area contributed by atoms with Crippen LogP contribution in [0.2, 0.25) is 0 Å². The first kappa shape index (κ1) is 21.8. The number of carbonyl (C=O) groups is 3. The van der Waals surface area contributed by atoms with Gasteiger partial charge in [-0.1, -0.05) is 0 Å². The van der Waals surface area contributed by atoms with Crippen LogP contribution in [0.1, 0.15) is 54.4 Å². The molecule has 2 unspecified atom stereocenters. The van der Waals surface area contributed by atoms with Crippen LogP contribution in [0, 0.1) is 16.7 Å². The van der Waals surface area contributed by atoms with E-state index in [-0.39, 0.29) is 30.6 Å². The summed E-state index contributed by atoms with van der Waals surface area (Å²) < 4.78 is 30.6. The molecular weight excluding hydrogens is 416 g/mol. The number of carbonyl (C=O) groups excluding carboxylic acids is 3. The first-order chi connectivity index (χ1) is 14.8. The summed E-state index contributed by atoms with van der Waals surface area (Å²) in [7, 11) is 1.50. The molecule has 8 heteroatoms. The number of ether oxygens (including phenoxy) is 5. The van der Waals surface area contributed by atoms with Crippen molar-refractivity contribution < 1.29 is 38.1 Å². The summed E-state index contributed by atoms with van der Waals surface area (Å²) in [5.74, 6) is -0.488. The quantitative estimate of drug-likeness (QED) is 0.608. The third-order valence-corrected chi connectivity index (χ3v) is 8.03. The molecule has 1 aliphatic carbocycles. The molecule has 174 valence electrons. The van der Waals surface area contributed by atoms with Gasteiger partial charge in [0.2, 0.25) is 11.6 Å². The van der Waals surface area contributed by atoms with E-state index in [9.17, 15) is 14.4 Å². The lowest BCUT2D eigenvalue weighted by molar-refractivity contribution is -0.282. The van der Waals surface area contributed by atoms with Crippen molar-refractivity contribution in [3.63, 3.8) is 0 Å². The molecule has 0 saturated carbocycles. The Hall–Kier alpha value is -2.03. The van der Waals surface area contributed by atoms with Gasteiger partial charge in [0.1, 0.15) is 23.2 Å². The molecule has 2 bridgehead atoms. The molecule has 32 heavy (non-hydrogen) atoms. The Balaban J connectivity index is 1.77. The summed E-state index contributed by atoms with van der Waals surface area (Å²) in [5, 5.41) is 0. The molecular formula is C24H30O8. The van der Waals surface area contributed by atoms with Crippen LogP contribution in [0.15, 0.2) is 22.9 Å². The highest BCUT2D eigenvalue weighted by molar-refractivity contribution is 6.41. The van der Waals surface area contributed by atoms with Gasteiger partial charge in [-0.15, -0.1) is 0 Å². The number of fused-ring (bicyclic) bond motifs is 8. The Morgan fingerprint density at radius 3 is 2.44 bits per heavy atom. The minimum absolute atomic E-state index is 0.0359. The molecule has 0 spiro atoms. The van der Waals surface area contributed by atoms with E-state index in [2.05, 4.69) is 0 Å². The van der Waals surface area contributed by atoms with Crippen LogP contribution < -0.4 is 0 Å². The van der Waals surface area contributed by atoms with Gasteiger partial charge in [0.05, 0.1) is 17.4 Å². The molecule has 2 fully saturated rings. The van der Waals surface area contributed by atoms with Crippen LogP contribution in [-0.2, 0) is 38.1 Å². The van der Waals surface area contributed by atoms with Gasteiger partial charge >= 0.3 is 0 Å². The SMILES string of the molecule is CO[C@]1(CCC(C)=O)C2=C3C4COC(C)(C)OC4C4=C(O4)[C@@]3(C)[C@@H](O2)C(=O)C(=O)C1(C)C. The summed E-state index contributed by atoms with van der Waals surface area (Å²) in [6.07, 6.45) is -1.02. The van der Waals surface area contributed by atoms with Crippen LogP contribution in [0.3, 0.4) is 0 Å². The van der Waals surface area contributed by atoms with Crippen LogP contribution in [0.4, 0.5) is 0 Å². The zero-order valence-corrected chi connectivity index (χ0v) is 19.6. The number of hydrogen-bond donors (Lipinski definition) is 0. The largest absolute Gasteiger partial charge is 0.482 e. The molecule has 2 saturated heterocycles. The van der Waals surface area contributed by atoms with Crippen LogP contribution in [-0.4, -0.2) is 54.7 Å². The highest BCUT2D eigenvalue weighted by Crippen LogP contribution is 2.68. The van der Waals surface area contributed by atoms with E-state index in [1.165, 1.54) is 14.0 Å². The third kappa shape index (κ3) is 2.46. The average molecular weight is 446 g/mol. The molecule has 0 aromatic heterocycles. The molecule has 4 aliphatic heterocycles. The van der Waals surface area contributed by atoms with Gasteiger partial charge in [-0.05, 0) is 53.5 Å². The lowest BCUT2D eigenvalue weighted by atomic mass is 9.58. The fourth-order valence-corrected chi connectivity index (χ4v) is 6.13. The van der Waals surface area contributed by atoms with Gasteiger partial charge in [0.25, 0.3) is 0 Å². The summed E-state index contributed by atoms with van der Waals surface area (Å²) in [4.78, 5) is 38.9. The predicted octanol–water partition coefficient (Wildman–Crippen LogP) is 2.60. The lowest BCUT2D eigenvalue weighted by Gasteiger charge is -2.47. The van der Waals surface area contributed by atoms with Crippen LogP contribution >= 0.6 is 0 Å². The van der Waals surface area contributed by atoms with Crippen molar-refractivity contribution in [2.24, 2.45) is 16.7 Å². The normalized spacial score (nSPS) is 40.7. The average Bonchev–Trinajstić information content (AvgIpc) is 3.47. The van der Waals surface area contributed by atoms with Gasteiger partial charge in [0, 0.05) is 19.4 Å². The Morgan fingerprint density at radius 1 is 1.12 bits per heavy atom. The second kappa shape index (κ2) is 6.30. The molecule has 5 rings (SSSR count). The van der Waals surface area contributed by atoms with Crippen LogP contribution in [0.5, 0.6) is 0 Å². The monoisotopic (exact) mass is 446 g/mol. The van der Waals surface area contributed by atoms with E-state index in [0.717, 1.165) is 5.57 Å². The fraction of sp³-hybridized carbons (Fsp3) is 0.708. The van der Waals surface area contributed by atoms with Gasteiger partial charge in [-0.3, -0.25) is 9.59 Å². The summed E-state index contributed by atoms with van der Waals surface area (Å²) in [6, 6.07) is 0. The first-order valence-electron chi connectivity index (χ1n) is 11.1. The first-order valence-corrected chi connectivity index (χ1v) is 11.1. The Morgan fingerprint density at radius 2 is 1.81 bits per heavy atom. The second-order valence-electron chi connectivity index (χ2n) is 10.6. The molecule has 0 N–H and O–H groups in total. The van der Waals surface area contributed by atoms with E-state index in [1.54, 1.807) is 13.8 Å². The topological polar surface area (TPSA) is 101 Å². The number of hydrogen-bond acceptors (Lipinski definition) is 8. The smallest absolute Gasteiger partial charge is 0.240 e. The maximum absolute atomic E-state index is 13.5. The molecule has 0 aromatic rings. The molecule has 0 radical (unpaired) electrons. The standard InChI is InChI=1S/C24H30O8/c1-11(25)8-9-24(28-7)18-13-12-10-29-22(4,5)32-15(12)16-20(30-16)23(13,6)19(31-18)14(26)17(27)21(24,2)3/h12,15,19H,8-10H2,1-7H3/t12?,15?,19-,23+,24+/m0/s1. The van der Waals surface area contributed by atoms with Crippen LogP contribution in [0.25, 0.3) is 0 Å². The summed E-state index contributed by atoms with van der Waals surface area (Å²) in [6.45, 7) is 10.8. The Kier molecular flexibility index (Phi) is 4.29. The molecule has 5 aliphatic rings. The zero-order valence-electron chi connectivity index (χ0n) is 19.6. The maximum atomic E-state index is 13.5. The van der Waals surface area contributed by atoms with Crippen molar-refractivity contribution in [1.82, 2.24) is 0 Å². The molecule has 4 heterocycles. The Bertz CT molecular complexity index is 1020. The van der Waals surface area contributed by atoms with Gasteiger partial charge < -0.3 is 28.5 Å². The minimum Gasteiger partial charge on any atom is -0.482 e. The summed E-state index contributed by atoms with van der Waals surface area (Å²) in [5.41, 5.74) is -2.66. The van der Waals surface area contributed by atoms with E-state index in [0.29, 0.717) is 23.9 Å². The van der Waals surface area contributed by atoms with Gasteiger partial charge in [-0.25, -0.2) is 0 Å². The van der Waals surface area contributed by atoms with Crippen molar-refractivity contribution in [1.29, 1.82) is 0 Å². The van der Waals surface area contributed by atoms with Crippen molar-refractivity contribution in [3.8, 4) is 0 Å². The van der Waals surface area contributed by atoms with Crippen molar-refractivity contribution in [2.45, 2.75) is 78.0 Å². The van der Waals surface area contributed by atoms with Crippen molar-refractivity contribution in [2.75, 3.05) is 13.7 Å². The lowest BCUT2D eigenvalue weighted by Crippen LogP contribution is -2.58. The second-order valence-corrected chi connectivity index (χ2v) is 10.6. The molecule has 0 amide bonds. The number of rotatable bonds is 4. The summed E-state index contributed by atoms with van der Waals surface area (Å²) >= 11 is 0. The fourth-order valence-electron chi connectivity index (χ4n) is 6.13. The number of ketones is 3. The minimum atomic E-state index is -1.29. The highest BCUT2D eigenvalue weighted by atomic mass is 16.7. The van der Waals surface area contributed by atoms with E-state index < -0.39 is 39.9 Å². The van der Waals surface area contributed by atoms with E-state index >= 15 is 0 Å². The van der Waals surface area contributed by atoms with Crippen molar-refractivity contribution in [3.05, 3.63) is 22.9 Å². The molecule has 0 aromatic carbocycles. The number of methoxy groups -OCH3 is 1. The highest BCUT2D eigenvalue weighted by Gasteiger charge is 2.74. The van der Waals surface area contributed by atoms with Gasteiger partial charge in [-0.2, -0.15) is 0 Å². The molecule has 8 nitrogen and oxygen atoms in total. The maximum Gasteiger partial charge on any atom is 0.240 e.